The highest BCUT2D eigenvalue weighted by atomic mass is 32.1. The Morgan fingerprint density at radius 2 is 2.44 bits per heavy atom. The molecule has 3 heteroatoms. The average molecular weight is 239 g/mol. The molecule has 0 bridgehead atoms. The van der Waals surface area contributed by atoms with Crippen molar-refractivity contribution in [3.8, 4) is 0 Å². The third-order valence-electron chi connectivity index (χ3n) is 3.18. The largest absolute Gasteiger partial charge is 0.378 e. The van der Waals surface area contributed by atoms with Gasteiger partial charge < -0.3 is 10.1 Å². The van der Waals surface area contributed by atoms with Gasteiger partial charge in [0.05, 0.1) is 6.10 Å². The summed E-state index contributed by atoms with van der Waals surface area (Å²) in [6, 6.07) is 0. The lowest BCUT2D eigenvalue weighted by Crippen LogP contribution is -2.16. The van der Waals surface area contributed by atoms with E-state index in [-0.39, 0.29) is 0 Å². The lowest BCUT2D eigenvalue weighted by atomic mass is 10.1. The Kier molecular flexibility index (Phi) is 4.82. The van der Waals surface area contributed by atoms with Crippen molar-refractivity contribution >= 4 is 11.3 Å². The molecule has 1 aliphatic heterocycles. The summed E-state index contributed by atoms with van der Waals surface area (Å²) in [6.45, 7) is 5.28. The lowest BCUT2D eigenvalue weighted by molar-refractivity contribution is 0.102. The van der Waals surface area contributed by atoms with Crippen molar-refractivity contribution in [2.45, 2.75) is 45.3 Å². The number of hydrogen-bond acceptors (Lipinski definition) is 3. The van der Waals surface area contributed by atoms with Crippen LogP contribution in [0.25, 0.3) is 0 Å². The van der Waals surface area contributed by atoms with E-state index >= 15 is 0 Å². The Morgan fingerprint density at radius 3 is 3.12 bits per heavy atom. The summed E-state index contributed by atoms with van der Waals surface area (Å²) in [5.74, 6) is 0. The molecule has 1 unspecified atom stereocenters. The van der Waals surface area contributed by atoms with E-state index in [1.807, 2.05) is 0 Å². The van der Waals surface area contributed by atoms with Gasteiger partial charge in [-0.15, -0.1) is 0 Å². The molecule has 16 heavy (non-hydrogen) atoms. The molecule has 1 atom stereocenters. The zero-order valence-electron chi connectivity index (χ0n) is 10.00. The lowest BCUT2D eigenvalue weighted by Gasteiger charge is -2.09. The van der Waals surface area contributed by atoms with Crippen molar-refractivity contribution in [2.24, 2.45) is 0 Å². The minimum atomic E-state index is 0.546. The van der Waals surface area contributed by atoms with E-state index in [1.165, 1.54) is 36.8 Å². The van der Waals surface area contributed by atoms with Crippen molar-refractivity contribution in [1.29, 1.82) is 0 Å². The number of hydrogen-bond donors (Lipinski definition) is 1. The molecule has 1 aromatic rings. The SMILES string of the molecule is Cc1cscc1CNCCCC1CCCO1. The van der Waals surface area contributed by atoms with Crippen LogP contribution in [0.15, 0.2) is 10.8 Å². The van der Waals surface area contributed by atoms with Gasteiger partial charge >= 0.3 is 0 Å². The number of thiophene rings is 1. The molecule has 0 radical (unpaired) electrons. The van der Waals surface area contributed by atoms with E-state index in [1.54, 1.807) is 11.3 Å². The highest BCUT2D eigenvalue weighted by Crippen LogP contribution is 2.16. The van der Waals surface area contributed by atoms with Gasteiger partial charge in [-0.1, -0.05) is 0 Å². The van der Waals surface area contributed by atoms with Crippen LogP contribution in [0.1, 0.15) is 36.8 Å². The molecule has 0 aromatic carbocycles. The van der Waals surface area contributed by atoms with Crippen molar-refractivity contribution in [3.63, 3.8) is 0 Å². The standard InChI is InChI=1S/C13H21NOS/c1-11-9-16-10-12(11)8-14-6-2-4-13-5-3-7-15-13/h9-10,13-14H,2-8H2,1H3. The molecule has 1 N–H and O–H groups in total. The van der Waals surface area contributed by atoms with Crippen LogP contribution in [0.5, 0.6) is 0 Å². The smallest absolute Gasteiger partial charge is 0.0576 e. The Hall–Kier alpha value is -0.380. The van der Waals surface area contributed by atoms with Gasteiger partial charge in [-0.3, -0.25) is 0 Å². The summed E-state index contributed by atoms with van der Waals surface area (Å²) in [5.41, 5.74) is 2.86. The van der Waals surface area contributed by atoms with E-state index in [2.05, 4.69) is 23.0 Å². The first-order valence-electron chi connectivity index (χ1n) is 6.20. The van der Waals surface area contributed by atoms with Gasteiger partial charge in [0.1, 0.15) is 0 Å². The van der Waals surface area contributed by atoms with Crippen molar-refractivity contribution < 1.29 is 4.74 Å². The maximum atomic E-state index is 5.60. The number of nitrogens with one attached hydrogen (secondary N) is 1. The van der Waals surface area contributed by atoms with Gasteiger partial charge in [0.25, 0.3) is 0 Å². The van der Waals surface area contributed by atoms with E-state index in [9.17, 15) is 0 Å². The third kappa shape index (κ3) is 3.58. The van der Waals surface area contributed by atoms with E-state index in [4.69, 9.17) is 4.74 Å². The highest BCUT2D eigenvalue weighted by molar-refractivity contribution is 7.08. The van der Waals surface area contributed by atoms with E-state index in [0.29, 0.717) is 6.10 Å². The first-order valence-corrected chi connectivity index (χ1v) is 7.14. The van der Waals surface area contributed by atoms with Crippen LogP contribution in [0.3, 0.4) is 0 Å². The molecule has 2 nitrogen and oxygen atoms in total. The van der Waals surface area contributed by atoms with Gasteiger partial charge in [-0.05, 0) is 61.0 Å². The Balaban J connectivity index is 1.53. The summed E-state index contributed by atoms with van der Waals surface area (Å²) in [4.78, 5) is 0. The zero-order valence-corrected chi connectivity index (χ0v) is 10.8. The van der Waals surface area contributed by atoms with Crippen molar-refractivity contribution in [1.82, 2.24) is 5.32 Å². The molecule has 0 saturated carbocycles. The second-order valence-corrected chi connectivity index (χ2v) is 5.28. The molecular formula is C13H21NOS. The van der Waals surface area contributed by atoms with Crippen LogP contribution in [-0.4, -0.2) is 19.3 Å². The van der Waals surface area contributed by atoms with Crippen molar-refractivity contribution in [2.75, 3.05) is 13.2 Å². The molecule has 0 amide bonds. The summed E-state index contributed by atoms with van der Waals surface area (Å²) in [7, 11) is 0. The van der Waals surface area contributed by atoms with Gasteiger partial charge in [-0.25, -0.2) is 0 Å². The second kappa shape index (κ2) is 6.38. The summed E-state index contributed by atoms with van der Waals surface area (Å²) in [6.07, 6.45) is 5.52. The van der Waals surface area contributed by atoms with Gasteiger partial charge in [0, 0.05) is 13.2 Å². The molecule has 1 fully saturated rings. The molecule has 1 saturated heterocycles. The molecule has 0 spiro atoms. The highest BCUT2D eigenvalue weighted by Gasteiger charge is 2.14. The molecule has 90 valence electrons. The Morgan fingerprint density at radius 1 is 1.50 bits per heavy atom. The summed E-state index contributed by atoms with van der Waals surface area (Å²) >= 11 is 1.79. The topological polar surface area (TPSA) is 21.3 Å². The van der Waals surface area contributed by atoms with Gasteiger partial charge in [0.15, 0.2) is 0 Å². The predicted molar refractivity (Wildman–Crippen MR) is 69.0 cm³/mol. The first-order chi connectivity index (χ1) is 7.86. The predicted octanol–water partition coefficient (Wildman–Crippen LogP) is 3.11. The maximum Gasteiger partial charge on any atom is 0.0576 e. The monoisotopic (exact) mass is 239 g/mol. The average Bonchev–Trinajstić information content (AvgIpc) is 2.90. The van der Waals surface area contributed by atoms with Crippen LogP contribution in [-0.2, 0) is 11.3 Å². The number of rotatable bonds is 6. The molecule has 0 aliphatic carbocycles. The van der Waals surface area contributed by atoms with Crippen LogP contribution < -0.4 is 5.32 Å². The fourth-order valence-electron chi connectivity index (χ4n) is 2.12. The Labute approximate surface area is 102 Å². The first kappa shape index (κ1) is 12.1. The van der Waals surface area contributed by atoms with Gasteiger partial charge in [0.2, 0.25) is 0 Å². The second-order valence-electron chi connectivity index (χ2n) is 4.53. The fraction of sp³-hybridized carbons (Fsp3) is 0.692. The molecular weight excluding hydrogens is 218 g/mol. The van der Waals surface area contributed by atoms with Crippen LogP contribution in [0.4, 0.5) is 0 Å². The molecule has 1 aliphatic rings. The van der Waals surface area contributed by atoms with Gasteiger partial charge in [-0.2, -0.15) is 11.3 Å². The van der Waals surface area contributed by atoms with E-state index in [0.717, 1.165) is 19.7 Å². The number of ether oxygens (including phenoxy) is 1. The fourth-order valence-corrected chi connectivity index (χ4v) is 2.97. The summed E-state index contributed by atoms with van der Waals surface area (Å²) in [5, 5.41) is 7.95. The Bertz CT molecular complexity index is 305. The molecule has 1 aromatic heterocycles. The molecule has 2 heterocycles. The summed E-state index contributed by atoms with van der Waals surface area (Å²) < 4.78 is 5.60. The minimum absolute atomic E-state index is 0.546. The molecule has 2 rings (SSSR count). The maximum absolute atomic E-state index is 5.60. The third-order valence-corrected chi connectivity index (χ3v) is 4.09. The van der Waals surface area contributed by atoms with Crippen LogP contribution >= 0.6 is 11.3 Å². The zero-order chi connectivity index (χ0) is 11.2. The van der Waals surface area contributed by atoms with Crippen LogP contribution in [0, 0.1) is 6.92 Å². The number of aryl methyl sites for hydroxylation is 1. The quantitative estimate of drug-likeness (QED) is 0.770. The van der Waals surface area contributed by atoms with E-state index < -0.39 is 0 Å². The van der Waals surface area contributed by atoms with Crippen molar-refractivity contribution in [3.05, 3.63) is 21.9 Å². The normalized spacial score (nSPS) is 20.4. The van der Waals surface area contributed by atoms with Crippen LogP contribution in [0.2, 0.25) is 0 Å². The minimum Gasteiger partial charge on any atom is -0.378 e.